The van der Waals surface area contributed by atoms with Gasteiger partial charge in [0.2, 0.25) is 0 Å². The molecular formula is C17H19FN2OS. The number of aliphatic imine (C=N–C) groups is 1. The number of nitrogens with two attached hydrogens (primary N) is 1. The van der Waals surface area contributed by atoms with Crippen molar-refractivity contribution >= 4 is 22.6 Å². The second kappa shape index (κ2) is 7.31. The van der Waals surface area contributed by atoms with E-state index in [1.807, 2.05) is 32.0 Å². The van der Waals surface area contributed by atoms with Gasteiger partial charge >= 0.3 is 0 Å². The molecule has 2 aromatic carbocycles. The summed E-state index contributed by atoms with van der Waals surface area (Å²) < 4.78 is 18.5. The number of nitrogens with zero attached hydrogens (tertiary/aromatic N) is 1. The van der Waals surface area contributed by atoms with Gasteiger partial charge in [-0.3, -0.25) is 0 Å². The van der Waals surface area contributed by atoms with Gasteiger partial charge in [0, 0.05) is 5.75 Å². The minimum absolute atomic E-state index is 0.241. The van der Waals surface area contributed by atoms with Gasteiger partial charge < -0.3 is 10.5 Å². The number of hydrogen-bond donors (Lipinski definition) is 1. The van der Waals surface area contributed by atoms with Crippen molar-refractivity contribution in [3.63, 3.8) is 0 Å². The molecular weight excluding hydrogens is 299 g/mol. The summed E-state index contributed by atoms with van der Waals surface area (Å²) in [6, 6.07) is 10.9. The SMILES string of the molecule is COc1ccc(CSC(N)=Nc2cc(C)cc(C)c2)cc1F. The lowest BCUT2D eigenvalue weighted by Gasteiger charge is -2.06. The number of benzene rings is 2. The molecule has 2 N–H and O–H groups in total. The zero-order valence-electron chi connectivity index (χ0n) is 12.9. The Hall–Kier alpha value is -2.01. The van der Waals surface area contributed by atoms with Gasteiger partial charge in [0.25, 0.3) is 0 Å². The van der Waals surface area contributed by atoms with Crippen molar-refractivity contribution in [1.82, 2.24) is 0 Å². The highest BCUT2D eigenvalue weighted by Crippen LogP contribution is 2.22. The van der Waals surface area contributed by atoms with E-state index in [9.17, 15) is 4.39 Å². The lowest BCUT2D eigenvalue weighted by Crippen LogP contribution is -2.06. The van der Waals surface area contributed by atoms with Gasteiger partial charge in [-0.2, -0.15) is 0 Å². The molecule has 0 amide bonds. The molecule has 0 radical (unpaired) electrons. The Labute approximate surface area is 134 Å². The Bertz CT molecular complexity index is 681. The summed E-state index contributed by atoms with van der Waals surface area (Å²) >= 11 is 1.38. The van der Waals surface area contributed by atoms with Crippen LogP contribution in [0.3, 0.4) is 0 Å². The number of aryl methyl sites for hydroxylation is 2. The van der Waals surface area contributed by atoms with E-state index >= 15 is 0 Å². The minimum atomic E-state index is -0.370. The fourth-order valence-electron chi connectivity index (χ4n) is 2.13. The van der Waals surface area contributed by atoms with Crippen molar-refractivity contribution in [3.05, 3.63) is 58.9 Å². The summed E-state index contributed by atoms with van der Waals surface area (Å²) in [5.41, 5.74) is 9.91. The molecule has 0 fully saturated rings. The molecule has 0 heterocycles. The summed E-state index contributed by atoms with van der Waals surface area (Å²) in [5.74, 6) is 0.428. The second-order valence-corrected chi connectivity index (χ2v) is 6.05. The standard InChI is InChI=1S/C17H19FN2OS/c1-11-6-12(2)8-14(7-11)20-17(19)22-10-13-4-5-16(21-3)15(18)9-13/h4-9H,10H2,1-3H3,(H2,19,20). The molecule has 0 saturated heterocycles. The average molecular weight is 318 g/mol. The summed E-state index contributed by atoms with van der Waals surface area (Å²) in [6.07, 6.45) is 0. The largest absolute Gasteiger partial charge is 0.494 e. The Balaban J connectivity index is 2.04. The average Bonchev–Trinajstić information content (AvgIpc) is 2.44. The summed E-state index contributed by atoms with van der Waals surface area (Å²) in [4.78, 5) is 4.39. The van der Waals surface area contributed by atoms with Gasteiger partial charge in [-0.1, -0.05) is 23.9 Å². The Kier molecular flexibility index (Phi) is 5.44. The fraction of sp³-hybridized carbons (Fsp3) is 0.235. The number of thioether (sulfide) groups is 1. The van der Waals surface area contributed by atoms with Crippen molar-refractivity contribution in [2.45, 2.75) is 19.6 Å². The van der Waals surface area contributed by atoms with Crippen LogP contribution >= 0.6 is 11.8 Å². The lowest BCUT2D eigenvalue weighted by atomic mass is 10.1. The van der Waals surface area contributed by atoms with E-state index in [0.29, 0.717) is 10.9 Å². The van der Waals surface area contributed by atoms with Crippen LogP contribution in [0.1, 0.15) is 16.7 Å². The quantitative estimate of drug-likeness (QED) is 0.674. The van der Waals surface area contributed by atoms with E-state index < -0.39 is 0 Å². The van der Waals surface area contributed by atoms with Crippen molar-refractivity contribution in [2.24, 2.45) is 10.7 Å². The number of hydrogen-bond acceptors (Lipinski definition) is 3. The highest BCUT2D eigenvalue weighted by Gasteiger charge is 2.05. The molecule has 0 aliphatic carbocycles. The Morgan fingerprint density at radius 2 is 1.86 bits per heavy atom. The third-order valence-electron chi connectivity index (χ3n) is 3.05. The molecule has 116 valence electrons. The maximum absolute atomic E-state index is 13.6. The van der Waals surface area contributed by atoms with Gasteiger partial charge in [0.05, 0.1) is 12.8 Å². The van der Waals surface area contributed by atoms with E-state index in [1.165, 1.54) is 24.9 Å². The maximum atomic E-state index is 13.6. The van der Waals surface area contributed by atoms with Crippen molar-refractivity contribution in [2.75, 3.05) is 7.11 Å². The molecule has 0 bridgehead atoms. The van der Waals surface area contributed by atoms with E-state index in [1.54, 1.807) is 6.07 Å². The monoisotopic (exact) mass is 318 g/mol. The predicted octanol–water partition coefficient (Wildman–Crippen LogP) is 4.33. The third-order valence-corrected chi connectivity index (χ3v) is 3.91. The van der Waals surface area contributed by atoms with Gasteiger partial charge in [-0.05, 0) is 54.8 Å². The van der Waals surface area contributed by atoms with Crippen LogP contribution < -0.4 is 10.5 Å². The molecule has 0 saturated carbocycles. The first-order chi connectivity index (χ1) is 10.5. The Morgan fingerprint density at radius 1 is 1.18 bits per heavy atom. The molecule has 0 atom stereocenters. The van der Waals surface area contributed by atoms with E-state index in [4.69, 9.17) is 10.5 Å². The molecule has 0 unspecified atom stereocenters. The minimum Gasteiger partial charge on any atom is -0.494 e. The highest BCUT2D eigenvalue weighted by atomic mass is 32.2. The topological polar surface area (TPSA) is 47.6 Å². The molecule has 0 aromatic heterocycles. The highest BCUT2D eigenvalue weighted by molar-refractivity contribution is 8.13. The zero-order valence-corrected chi connectivity index (χ0v) is 13.7. The molecule has 2 aromatic rings. The smallest absolute Gasteiger partial charge is 0.165 e. The number of ether oxygens (including phenoxy) is 1. The van der Waals surface area contributed by atoms with E-state index in [-0.39, 0.29) is 11.6 Å². The lowest BCUT2D eigenvalue weighted by molar-refractivity contribution is 0.386. The van der Waals surface area contributed by atoms with Crippen LogP contribution in [0, 0.1) is 19.7 Å². The predicted molar refractivity (Wildman–Crippen MR) is 91.4 cm³/mol. The maximum Gasteiger partial charge on any atom is 0.165 e. The first-order valence-electron chi connectivity index (χ1n) is 6.85. The Morgan fingerprint density at radius 3 is 2.45 bits per heavy atom. The van der Waals surface area contributed by atoms with Gasteiger partial charge in [-0.15, -0.1) is 0 Å². The summed E-state index contributed by atoms with van der Waals surface area (Å²) in [7, 11) is 1.45. The van der Waals surface area contributed by atoms with Gasteiger partial charge in [0.1, 0.15) is 0 Å². The number of amidine groups is 1. The first-order valence-corrected chi connectivity index (χ1v) is 7.84. The molecule has 0 aliphatic heterocycles. The van der Waals surface area contributed by atoms with Crippen molar-refractivity contribution in [3.8, 4) is 5.75 Å². The zero-order chi connectivity index (χ0) is 16.1. The van der Waals surface area contributed by atoms with Crippen LogP contribution in [0.4, 0.5) is 10.1 Å². The van der Waals surface area contributed by atoms with Crippen molar-refractivity contribution in [1.29, 1.82) is 0 Å². The summed E-state index contributed by atoms with van der Waals surface area (Å²) in [6.45, 7) is 4.05. The number of methoxy groups -OCH3 is 1. The molecule has 2 rings (SSSR count). The molecule has 0 aliphatic rings. The van der Waals surface area contributed by atoms with Crippen LogP contribution in [0.25, 0.3) is 0 Å². The van der Waals surface area contributed by atoms with Crippen molar-refractivity contribution < 1.29 is 9.13 Å². The van der Waals surface area contributed by atoms with Crippen LogP contribution in [0.5, 0.6) is 5.75 Å². The van der Waals surface area contributed by atoms with E-state index in [0.717, 1.165) is 22.4 Å². The second-order valence-electron chi connectivity index (χ2n) is 5.05. The van der Waals surface area contributed by atoms with Crippen LogP contribution in [-0.4, -0.2) is 12.3 Å². The number of rotatable bonds is 4. The third kappa shape index (κ3) is 4.49. The first kappa shape index (κ1) is 16.4. The van der Waals surface area contributed by atoms with Crippen LogP contribution in [0.2, 0.25) is 0 Å². The molecule has 5 heteroatoms. The van der Waals surface area contributed by atoms with Gasteiger partial charge in [-0.25, -0.2) is 9.38 Å². The summed E-state index contributed by atoms with van der Waals surface area (Å²) in [5, 5.41) is 0.459. The normalized spacial score (nSPS) is 11.5. The van der Waals surface area contributed by atoms with Crippen LogP contribution in [-0.2, 0) is 5.75 Å². The number of halogens is 1. The fourth-order valence-corrected chi connectivity index (χ4v) is 2.80. The molecule has 3 nitrogen and oxygen atoms in total. The molecule has 0 spiro atoms. The molecule has 22 heavy (non-hydrogen) atoms. The van der Waals surface area contributed by atoms with Crippen LogP contribution in [0.15, 0.2) is 41.4 Å². The van der Waals surface area contributed by atoms with E-state index in [2.05, 4.69) is 11.1 Å². The van der Waals surface area contributed by atoms with Gasteiger partial charge in [0.15, 0.2) is 16.7 Å².